The number of aliphatic hydroxyl groups excluding tert-OH is 1. The number of hydrogen-bond donors (Lipinski definition) is 4. The lowest BCUT2D eigenvalue weighted by Crippen LogP contribution is -2.33. The number of hydrogen-bond acceptors (Lipinski definition) is 9. The van der Waals surface area contributed by atoms with Gasteiger partial charge in [0.15, 0.2) is 5.82 Å². The molecule has 0 saturated carbocycles. The van der Waals surface area contributed by atoms with E-state index in [1.165, 1.54) is 18.7 Å². The van der Waals surface area contributed by atoms with E-state index >= 15 is 4.39 Å². The summed E-state index contributed by atoms with van der Waals surface area (Å²) in [7, 11) is 0. The van der Waals surface area contributed by atoms with Crippen molar-refractivity contribution >= 4 is 23.4 Å². The standard InChI is InChI=1S/C24H22FN7O3/c1-24(2)18-14(21(34)31-24)8-9-16(19(18)25)29-23-26-10-15(22-32-27-12-35-22)20(30-23)28-17(11-33)13-6-4-3-5-7-13/h3-10,12,17,33H,11H2,1-2H3,(H,31,34)(H2,26,28,29,30). The van der Waals surface area contributed by atoms with E-state index in [0.29, 0.717) is 16.9 Å². The Balaban J connectivity index is 1.51. The lowest BCUT2D eigenvalue weighted by Gasteiger charge is -2.21. The smallest absolute Gasteiger partial charge is 0.252 e. The average molecular weight is 475 g/mol. The predicted octanol–water partition coefficient (Wildman–Crippen LogP) is 3.53. The number of amides is 1. The summed E-state index contributed by atoms with van der Waals surface area (Å²) in [6.45, 7) is 3.26. The van der Waals surface area contributed by atoms with Crippen LogP contribution in [0.5, 0.6) is 0 Å². The molecule has 4 N–H and O–H groups in total. The van der Waals surface area contributed by atoms with Crippen molar-refractivity contribution in [2.45, 2.75) is 25.4 Å². The predicted molar refractivity (Wildman–Crippen MR) is 125 cm³/mol. The second-order valence-corrected chi connectivity index (χ2v) is 8.54. The fourth-order valence-corrected chi connectivity index (χ4v) is 4.09. The number of anilines is 3. The third-order valence-electron chi connectivity index (χ3n) is 5.76. The van der Waals surface area contributed by atoms with Crippen LogP contribution < -0.4 is 16.0 Å². The summed E-state index contributed by atoms with van der Waals surface area (Å²) in [5.41, 5.74) is 1.08. The van der Waals surface area contributed by atoms with Crippen LogP contribution in [0.2, 0.25) is 0 Å². The second-order valence-electron chi connectivity index (χ2n) is 8.54. The molecule has 4 aromatic rings. The molecule has 2 aromatic heterocycles. The zero-order valence-corrected chi connectivity index (χ0v) is 18.9. The quantitative estimate of drug-likeness (QED) is 0.316. The van der Waals surface area contributed by atoms with E-state index in [-0.39, 0.29) is 35.6 Å². The number of carbonyl (C=O) groups is 1. The van der Waals surface area contributed by atoms with Crippen LogP contribution in [-0.4, -0.2) is 37.8 Å². The molecule has 11 heteroatoms. The van der Waals surface area contributed by atoms with Gasteiger partial charge in [-0.05, 0) is 31.5 Å². The molecule has 0 aliphatic carbocycles. The topological polar surface area (TPSA) is 138 Å². The molecular formula is C24H22FN7O3. The van der Waals surface area contributed by atoms with E-state index in [1.807, 2.05) is 30.3 Å². The normalized spacial score (nSPS) is 14.8. The summed E-state index contributed by atoms with van der Waals surface area (Å²) in [5, 5.41) is 26.5. The minimum Gasteiger partial charge on any atom is -0.423 e. The van der Waals surface area contributed by atoms with Crippen LogP contribution in [0, 0.1) is 5.82 Å². The molecule has 1 unspecified atom stereocenters. The van der Waals surface area contributed by atoms with Crippen LogP contribution in [0.25, 0.3) is 11.5 Å². The average Bonchev–Trinajstić information content (AvgIpc) is 3.46. The molecule has 1 aliphatic heterocycles. The van der Waals surface area contributed by atoms with Crippen molar-refractivity contribution in [1.82, 2.24) is 25.5 Å². The third kappa shape index (κ3) is 4.17. The number of benzene rings is 2. The van der Waals surface area contributed by atoms with Crippen LogP contribution in [-0.2, 0) is 5.54 Å². The number of halogens is 1. The summed E-state index contributed by atoms with van der Waals surface area (Å²) >= 11 is 0. The van der Waals surface area contributed by atoms with Gasteiger partial charge in [0.25, 0.3) is 11.8 Å². The van der Waals surface area contributed by atoms with E-state index in [2.05, 4.69) is 36.1 Å². The first kappa shape index (κ1) is 22.4. The number of nitrogens with one attached hydrogen (secondary N) is 3. The highest BCUT2D eigenvalue weighted by molar-refractivity contribution is 6.00. The summed E-state index contributed by atoms with van der Waals surface area (Å²) in [6.07, 6.45) is 2.65. The molecule has 5 rings (SSSR count). The van der Waals surface area contributed by atoms with Crippen molar-refractivity contribution < 1.29 is 18.7 Å². The minimum absolute atomic E-state index is 0.0921. The molecule has 1 atom stereocenters. The molecule has 1 aliphatic rings. The van der Waals surface area contributed by atoms with E-state index in [0.717, 1.165) is 5.56 Å². The van der Waals surface area contributed by atoms with E-state index in [1.54, 1.807) is 19.9 Å². The third-order valence-corrected chi connectivity index (χ3v) is 5.76. The first-order valence-corrected chi connectivity index (χ1v) is 10.9. The van der Waals surface area contributed by atoms with Crippen LogP contribution in [0.3, 0.4) is 0 Å². The van der Waals surface area contributed by atoms with Crippen molar-refractivity contribution in [1.29, 1.82) is 0 Å². The molecular weight excluding hydrogens is 453 g/mol. The number of carbonyl (C=O) groups excluding carboxylic acids is 1. The first-order valence-electron chi connectivity index (χ1n) is 10.9. The summed E-state index contributed by atoms with van der Waals surface area (Å²) in [5.74, 6) is -0.317. The highest BCUT2D eigenvalue weighted by atomic mass is 19.1. The molecule has 0 radical (unpaired) electrons. The Hall–Kier alpha value is -4.38. The van der Waals surface area contributed by atoms with Gasteiger partial charge in [-0.1, -0.05) is 30.3 Å². The van der Waals surface area contributed by atoms with E-state index in [4.69, 9.17) is 4.42 Å². The maximum atomic E-state index is 15.4. The van der Waals surface area contributed by atoms with Crippen LogP contribution in [0.4, 0.5) is 21.8 Å². The monoisotopic (exact) mass is 475 g/mol. The van der Waals surface area contributed by atoms with Gasteiger partial charge in [0.1, 0.15) is 5.82 Å². The zero-order valence-electron chi connectivity index (χ0n) is 18.9. The second kappa shape index (κ2) is 8.76. The molecule has 0 spiro atoms. The highest BCUT2D eigenvalue weighted by Crippen LogP contribution is 2.37. The van der Waals surface area contributed by atoms with Gasteiger partial charge in [-0.25, -0.2) is 9.37 Å². The Bertz CT molecular complexity index is 1380. The Morgan fingerprint density at radius 1 is 1.17 bits per heavy atom. The van der Waals surface area contributed by atoms with Crippen molar-refractivity contribution in [2.75, 3.05) is 17.2 Å². The van der Waals surface area contributed by atoms with Crippen LogP contribution in [0.1, 0.15) is 41.4 Å². The van der Waals surface area contributed by atoms with E-state index < -0.39 is 17.4 Å². The van der Waals surface area contributed by atoms with Crippen molar-refractivity contribution in [3.63, 3.8) is 0 Å². The number of aliphatic hydroxyl groups is 1. The molecule has 0 saturated heterocycles. The molecule has 0 bridgehead atoms. The van der Waals surface area contributed by atoms with Gasteiger partial charge >= 0.3 is 0 Å². The highest BCUT2D eigenvalue weighted by Gasteiger charge is 2.38. The molecule has 10 nitrogen and oxygen atoms in total. The SMILES string of the molecule is CC1(C)NC(=O)c2ccc(Nc3ncc(-c4nnco4)c(NC(CO)c4ccccc4)n3)c(F)c21. The Morgan fingerprint density at radius 3 is 2.69 bits per heavy atom. The Labute approximate surface area is 199 Å². The summed E-state index contributed by atoms with van der Waals surface area (Å²) in [6, 6.07) is 11.9. The molecule has 2 aromatic carbocycles. The first-order chi connectivity index (χ1) is 16.9. The van der Waals surface area contributed by atoms with Crippen LogP contribution in [0.15, 0.2) is 59.5 Å². The lowest BCUT2D eigenvalue weighted by atomic mass is 9.93. The van der Waals surface area contributed by atoms with Gasteiger partial charge < -0.3 is 25.5 Å². The number of aromatic nitrogens is 4. The summed E-state index contributed by atoms with van der Waals surface area (Å²) in [4.78, 5) is 21.0. The van der Waals surface area contributed by atoms with Gasteiger partial charge in [-0.3, -0.25) is 4.79 Å². The van der Waals surface area contributed by atoms with Gasteiger partial charge in [0.2, 0.25) is 12.3 Å². The maximum Gasteiger partial charge on any atom is 0.252 e. The van der Waals surface area contributed by atoms with Crippen molar-refractivity contribution in [3.8, 4) is 11.5 Å². The van der Waals surface area contributed by atoms with Gasteiger partial charge in [0.05, 0.1) is 29.4 Å². The lowest BCUT2D eigenvalue weighted by molar-refractivity contribution is 0.0940. The largest absolute Gasteiger partial charge is 0.423 e. The fourth-order valence-electron chi connectivity index (χ4n) is 4.09. The summed E-state index contributed by atoms with van der Waals surface area (Å²) < 4.78 is 20.7. The van der Waals surface area contributed by atoms with Gasteiger partial charge in [0, 0.05) is 17.3 Å². The van der Waals surface area contributed by atoms with Crippen LogP contribution >= 0.6 is 0 Å². The van der Waals surface area contributed by atoms with Crippen molar-refractivity contribution in [2.24, 2.45) is 0 Å². The minimum atomic E-state index is -0.854. The number of rotatable bonds is 7. The molecule has 3 heterocycles. The molecule has 178 valence electrons. The van der Waals surface area contributed by atoms with Gasteiger partial charge in [-0.2, -0.15) is 4.98 Å². The maximum absolute atomic E-state index is 15.4. The number of nitrogens with zero attached hydrogens (tertiary/aromatic N) is 4. The molecule has 1 amide bonds. The molecule has 35 heavy (non-hydrogen) atoms. The number of fused-ring (bicyclic) bond motifs is 1. The van der Waals surface area contributed by atoms with Crippen molar-refractivity contribution in [3.05, 3.63) is 77.6 Å². The fraction of sp³-hybridized carbons (Fsp3) is 0.208. The Kier molecular flexibility index (Phi) is 5.61. The molecule has 0 fully saturated rings. The van der Waals surface area contributed by atoms with E-state index in [9.17, 15) is 9.90 Å². The Morgan fingerprint density at radius 2 is 1.97 bits per heavy atom. The van der Waals surface area contributed by atoms with Gasteiger partial charge in [-0.15, -0.1) is 10.2 Å². The zero-order chi connectivity index (χ0) is 24.6.